The molecule has 2 aromatic rings. The molecule has 3 rings (SSSR count). The molecule has 1 aromatic carbocycles. The van der Waals surface area contributed by atoms with Gasteiger partial charge in [-0.15, -0.1) is 0 Å². The minimum Gasteiger partial charge on any atom is -0.370 e. The molecule has 108 valence electrons. The van der Waals surface area contributed by atoms with Crippen molar-refractivity contribution in [1.29, 1.82) is 0 Å². The van der Waals surface area contributed by atoms with Gasteiger partial charge in [0.25, 0.3) is 5.91 Å². The van der Waals surface area contributed by atoms with Crippen molar-refractivity contribution in [2.24, 2.45) is 0 Å². The Hall–Kier alpha value is -2.27. The molecule has 1 atom stereocenters. The van der Waals surface area contributed by atoms with Crippen LogP contribution in [0.5, 0.6) is 0 Å². The van der Waals surface area contributed by atoms with E-state index in [-0.39, 0.29) is 17.8 Å². The summed E-state index contributed by atoms with van der Waals surface area (Å²) in [6.07, 6.45) is 2.99. The summed E-state index contributed by atoms with van der Waals surface area (Å²) in [4.78, 5) is 18.1. The van der Waals surface area contributed by atoms with Crippen molar-refractivity contribution in [1.82, 2.24) is 9.88 Å². The van der Waals surface area contributed by atoms with Crippen LogP contribution in [0, 0.1) is 5.82 Å². The molecular formula is C16H15FN2O2. The number of pyridine rings is 1. The highest BCUT2D eigenvalue weighted by atomic mass is 19.1. The SMILES string of the molecule is O=C(c1ccncc1)N1CCOC(c2ccc(F)cc2)C1. The van der Waals surface area contributed by atoms with Gasteiger partial charge in [0.15, 0.2) is 0 Å². The maximum absolute atomic E-state index is 13.0. The fourth-order valence-electron chi connectivity index (χ4n) is 2.39. The first-order valence-electron chi connectivity index (χ1n) is 6.80. The lowest BCUT2D eigenvalue weighted by Gasteiger charge is -2.33. The highest BCUT2D eigenvalue weighted by molar-refractivity contribution is 5.94. The minimum absolute atomic E-state index is 0.0344. The summed E-state index contributed by atoms with van der Waals surface area (Å²) < 4.78 is 18.7. The van der Waals surface area contributed by atoms with E-state index in [1.54, 1.807) is 41.6 Å². The Morgan fingerprint density at radius 2 is 1.90 bits per heavy atom. The van der Waals surface area contributed by atoms with Crippen LogP contribution in [0.2, 0.25) is 0 Å². The summed E-state index contributed by atoms with van der Waals surface area (Å²) in [5.74, 6) is -0.313. The van der Waals surface area contributed by atoms with Gasteiger partial charge in [-0.25, -0.2) is 4.39 Å². The van der Waals surface area contributed by atoms with E-state index in [1.807, 2.05) is 0 Å². The highest BCUT2D eigenvalue weighted by Crippen LogP contribution is 2.23. The largest absolute Gasteiger partial charge is 0.370 e. The Morgan fingerprint density at radius 3 is 2.62 bits per heavy atom. The molecule has 0 bridgehead atoms. The van der Waals surface area contributed by atoms with Gasteiger partial charge in [-0.05, 0) is 29.8 Å². The van der Waals surface area contributed by atoms with Gasteiger partial charge in [0.1, 0.15) is 11.9 Å². The quantitative estimate of drug-likeness (QED) is 0.851. The predicted molar refractivity (Wildman–Crippen MR) is 75.2 cm³/mol. The monoisotopic (exact) mass is 286 g/mol. The Balaban J connectivity index is 1.74. The van der Waals surface area contributed by atoms with Gasteiger partial charge in [0.05, 0.1) is 13.2 Å². The molecule has 1 fully saturated rings. The summed E-state index contributed by atoms with van der Waals surface area (Å²) in [6, 6.07) is 9.60. The number of morpholine rings is 1. The lowest BCUT2D eigenvalue weighted by molar-refractivity contribution is -0.0228. The van der Waals surface area contributed by atoms with Gasteiger partial charge in [0, 0.05) is 24.5 Å². The minimum atomic E-state index is -0.278. The van der Waals surface area contributed by atoms with Gasteiger partial charge in [0.2, 0.25) is 0 Å². The molecule has 1 saturated heterocycles. The zero-order valence-corrected chi connectivity index (χ0v) is 11.4. The fraction of sp³-hybridized carbons (Fsp3) is 0.250. The maximum Gasteiger partial charge on any atom is 0.254 e. The number of nitrogens with zero attached hydrogens (tertiary/aromatic N) is 2. The molecule has 1 aliphatic heterocycles. The molecule has 0 radical (unpaired) electrons. The Kier molecular flexibility index (Phi) is 3.92. The zero-order chi connectivity index (χ0) is 14.7. The highest BCUT2D eigenvalue weighted by Gasteiger charge is 2.26. The van der Waals surface area contributed by atoms with Crippen LogP contribution in [0.1, 0.15) is 22.0 Å². The third-order valence-corrected chi connectivity index (χ3v) is 3.52. The van der Waals surface area contributed by atoms with Crippen LogP contribution in [0.15, 0.2) is 48.8 Å². The second kappa shape index (κ2) is 6.01. The fourth-order valence-corrected chi connectivity index (χ4v) is 2.39. The number of benzene rings is 1. The summed E-state index contributed by atoms with van der Waals surface area (Å²) in [6.45, 7) is 1.49. The first-order valence-corrected chi connectivity index (χ1v) is 6.80. The molecule has 0 N–H and O–H groups in total. The topological polar surface area (TPSA) is 42.4 Å². The molecule has 21 heavy (non-hydrogen) atoms. The standard InChI is InChI=1S/C16H15FN2O2/c17-14-3-1-12(2-4-14)15-11-19(9-10-21-15)16(20)13-5-7-18-8-6-13/h1-8,15H,9-11H2. The second-order valence-corrected chi connectivity index (χ2v) is 4.90. The van der Waals surface area contributed by atoms with E-state index in [0.717, 1.165) is 5.56 Å². The normalized spacial score (nSPS) is 18.5. The molecular weight excluding hydrogens is 271 g/mol. The molecule has 1 aliphatic rings. The molecule has 4 nitrogen and oxygen atoms in total. The van der Waals surface area contributed by atoms with Crippen LogP contribution >= 0.6 is 0 Å². The van der Waals surface area contributed by atoms with E-state index < -0.39 is 0 Å². The smallest absolute Gasteiger partial charge is 0.254 e. The van der Waals surface area contributed by atoms with Crippen molar-refractivity contribution >= 4 is 5.91 Å². The van der Waals surface area contributed by atoms with E-state index in [1.165, 1.54) is 12.1 Å². The van der Waals surface area contributed by atoms with Crippen molar-refractivity contribution < 1.29 is 13.9 Å². The Bertz CT molecular complexity index is 616. The lowest BCUT2D eigenvalue weighted by atomic mass is 10.1. The number of aromatic nitrogens is 1. The first kappa shape index (κ1) is 13.7. The molecule has 0 spiro atoms. The van der Waals surface area contributed by atoms with Crippen molar-refractivity contribution in [3.8, 4) is 0 Å². The van der Waals surface area contributed by atoms with Crippen LogP contribution in [-0.2, 0) is 4.74 Å². The van der Waals surface area contributed by atoms with Crippen molar-refractivity contribution in [2.45, 2.75) is 6.10 Å². The summed E-state index contributed by atoms with van der Waals surface area (Å²) in [5, 5.41) is 0. The number of halogens is 1. The van der Waals surface area contributed by atoms with Crippen molar-refractivity contribution in [2.75, 3.05) is 19.7 Å². The van der Waals surface area contributed by atoms with Crippen molar-refractivity contribution in [3.05, 3.63) is 65.7 Å². The summed E-state index contributed by atoms with van der Waals surface area (Å²) >= 11 is 0. The van der Waals surface area contributed by atoms with Gasteiger partial charge in [-0.3, -0.25) is 9.78 Å². The van der Waals surface area contributed by atoms with Crippen LogP contribution < -0.4 is 0 Å². The van der Waals surface area contributed by atoms with E-state index in [2.05, 4.69) is 4.98 Å². The second-order valence-electron chi connectivity index (χ2n) is 4.90. The van der Waals surface area contributed by atoms with Crippen LogP contribution in [0.25, 0.3) is 0 Å². The van der Waals surface area contributed by atoms with Crippen LogP contribution in [0.4, 0.5) is 4.39 Å². The average Bonchev–Trinajstić information content (AvgIpc) is 2.56. The number of hydrogen-bond acceptors (Lipinski definition) is 3. The molecule has 0 saturated carbocycles. The summed E-state index contributed by atoms with van der Waals surface area (Å²) in [5.41, 5.74) is 1.49. The predicted octanol–water partition coefficient (Wildman–Crippen LogP) is 2.43. The number of carbonyl (C=O) groups excluding carboxylic acids is 1. The molecule has 0 aliphatic carbocycles. The lowest BCUT2D eigenvalue weighted by Crippen LogP contribution is -2.42. The van der Waals surface area contributed by atoms with E-state index in [0.29, 0.717) is 25.3 Å². The number of amides is 1. The Morgan fingerprint density at radius 1 is 1.19 bits per heavy atom. The van der Waals surface area contributed by atoms with Gasteiger partial charge >= 0.3 is 0 Å². The summed E-state index contributed by atoms with van der Waals surface area (Å²) in [7, 11) is 0. The van der Waals surface area contributed by atoms with Crippen LogP contribution in [0.3, 0.4) is 0 Å². The van der Waals surface area contributed by atoms with Gasteiger partial charge in [-0.2, -0.15) is 0 Å². The van der Waals surface area contributed by atoms with Crippen LogP contribution in [-0.4, -0.2) is 35.5 Å². The molecule has 5 heteroatoms. The molecule has 2 heterocycles. The van der Waals surface area contributed by atoms with Gasteiger partial charge in [-0.1, -0.05) is 12.1 Å². The number of hydrogen-bond donors (Lipinski definition) is 0. The van der Waals surface area contributed by atoms with E-state index >= 15 is 0 Å². The van der Waals surface area contributed by atoms with Gasteiger partial charge < -0.3 is 9.64 Å². The zero-order valence-electron chi connectivity index (χ0n) is 11.4. The number of carbonyl (C=O) groups is 1. The number of rotatable bonds is 2. The van der Waals surface area contributed by atoms with E-state index in [9.17, 15) is 9.18 Å². The molecule has 1 unspecified atom stereocenters. The molecule has 1 aromatic heterocycles. The van der Waals surface area contributed by atoms with Crippen molar-refractivity contribution in [3.63, 3.8) is 0 Å². The third-order valence-electron chi connectivity index (χ3n) is 3.52. The average molecular weight is 286 g/mol. The van der Waals surface area contributed by atoms with E-state index in [4.69, 9.17) is 4.74 Å². The first-order chi connectivity index (χ1) is 10.2. The number of ether oxygens (including phenoxy) is 1. The Labute approximate surface area is 122 Å². The third kappa shape index (κ3) is 3.08. The molecule has 1 amide bonds. The maximum atomic E-state index is 13.0.